The minimum absolute atomic E-state index is 0.189. The number of imidazole rings is 1. The van der Waals surface area contributed by atoms with Crippen LogP contribution in [-0.2, 0) is 19.9 Å². The molecule has 2 heterocycles. The molecule has 0 bridgehead atoms. The molecule has 0 amide bonds. The standard InChI is InChI=1S/C15H18ClN3O/c1-17-13(14-8-18-9-19(14)2)7-11-6-12(16)5-10-3-4-20-15(10)11/h5-6,8-9,13,17H,3-4,7H2,1-2H3. The predicted molar refractivity (Wildman–Crippen MR) is 79.4 cm³/mol. The first-order chi connectivity index (χ1) is 9.69. The summed E-state index contributed by atoms with van der Waals surface area (Å²) in [7, 11) is 3.97. The molecular weight excluding hydrogens is 274 g/mol. The van der Waals surface area contributed by atoms with E-state index in [1.165, 1.54) is 5.56 Å². The van der Waals surface area contributed by atoms with E-state index in [0.29, 0.717) is 0 Å². The largest absolute Gasteiger partial charge is 0.493 e. The van der Waals surface area contributed by atoms with Crippen LogP contribution in [0.5, 0.6) is 5.75 Å². The Morgan fingerprint density at radius 1 is 1.50 bits per heavy atom. The van der Waals surface area contributed by atoms with Crippen LogP contribution in [0.2, 0.25) is 5.02 Å². The Kier molecular flexibility index (Phi) is 3.68. The summed E-state index contributed by atoms with van der Waals surface area (Å²) >= 11 is 6.22. The molecule has 1 aliphatic heterocycles. The number of rotatable bonds is 4. The highest BCUT2D eigenvalue weighted by Gasteiger charge is 2.21. The highest BCUT2D eigenvalue weighted by molar-refractivity contribution is 6.30. The SMILES string of the molecule is CNC(Cc1cc(Cl)cc2c1OCC2)c1cncn1C. The van der Waals surface area contributed by atoms with Gasteiger partial charge < -0.3 is 14.6 Å². The summed E-state index contributed by atoms with van der Waals surface area (Å²) < 4.78 is 7.80. The number of likely N-dealkylation sites (N-methyl/N-ethyl adjacent to an activating group) is 1. The zero-order valence-corrected chi connectivity index (χ0v) is 12.4. The van der Waals surface area contributed by atoms with Crippen LogP contribution < -0.4 is 10.1 Å². The van der Waals surface area contributed by atoms with Gasteiger partial charge in [0.05, 0.1) is 24.7 Å². The molecule has 3 rings (SSSR count). The molecule has 2 aromatic rings. The van der Waals surface area contributed by atoms with Crippen molar-refractivity contribution in [3.63, 3.8) is 0 Å². The van der Waals surface area contributed by atoms with E-state index >= 15 is 0 Å². The van der Waals surface area contributed by atoms with Crippen molar-refractivity contribution in [3.8, 4) is 5.75 Å². The molecule has 1 aromatic carbocycles. The fourth-order valence-electron chi connectivity index (χ4n) is 2.78. The van der Waals surface area contributed by atoms with E-state index in [4.69, 9.17) is 16.3 Å². The summed E-state index contributed by atoms with van der Waals surface area (Å²) in [4.78, 5) is 4.19. The van der Waals surface area contributed by atoms with E-state index in [2.05, 4.69) is 10.3 Å². The van der Waals surface area contributed by atoms with Gasteiger partial charge in [0.25, 0.3) is 0 Å². The minimum atomic E-state index is 0.189. The van der Waals surface area contributed by atoms with E-state index < -0.39 is 0 Å². The lowest BCUT2D eigenvalue weighted by molar-refractivity contribution is 0.351. The van der Waals surface area contributed by atoms with E-state index in [-0.39, 0.29) is 6.04 Å². The van der Waals surface area contributed by atoms with Crippen molar-refractivity contribution < 1.29 is 4.74 Å². The maximum Gasteiger partial charge on any atom is 0.125 e. The predicted octanol–water partition coefficient (Wildman–Crippen LogP) is 2.51. The van der Waals surface area contributed by atoms with Crippen molar-refractivity contribution in [1.29, 1.82) is 0 Å². The van der Waals surface area contributed by atoms with Gasteiger partial charge in [-0.25, -0.2) is 4.98 Å². The minimum Gasteiger partial charge on any atom is -0.493 e. The van der Waals surface area contributed by atoms with Crippen LogP contribution in [0.3, 0.4) is 0 Å². The van der Waals surface area contributed by atoms with Crippen LogP contribution >= 0.6 is 11.6 Å². The zero-order valence-electron chi connectivity index (χ0n) is 11.7. The summed E-state index contributed by atoms with van der Waals surface area (Å²) in [5, 5.41) is 4.13. The Morgan fingerprint density at radius 2 is 2.35 bits per heavy atom. The molecule has 106 valence electrons. The Hall–Kier alpha value is -1.52. The Balaban J connectivity index is 1.92. The summed E-state index contributed by atoms with van der Waals surface area (Å²) in [6.45, 7) is 0.749. The van der Waals surface area contributed by atoms with Gasteiger partial charge in [-0.05, 0) is 36.7 Å². The van der Waals surface area contributed by atoms with Gasteiger partial charge in [0.2, 0.25) is 0 Å². The third kappa shape index (κ3) is 2.41. The van der Waals surface area contributed by atoms with Crippen LogP contribution in [0, 0.1) is 0 Å². The zero-order chi connectivity index (χ0) is 14.1. The first-order valence-corrected chi connectivity index (χ1v) is 7.14. The molecule has 0 radical (unpaired) electrons. The second-order valence-corrected chi connectivity index (χ2v) is 5.56. The molecule has 0 aliphatic carbocycles. The number of fused-ring (bicyclic) bond motifs is 1. The molecule has 0 saturated heterocycles. The number of nitrogens with zero attached hydrogens (tertiary/aromatic N) is 2. The fourth-order valence-corrected chi connectivity index (χ4v) is 3.04. The summed E-state index contributed by atoms with van der Waals surface area (Å²) in [6, 6.07) is 4.20. The maximum atomic E-state index is 6.22. The number of ether oxygens (including phenoxy) is 1. The van der Waals surface area contributed by atoms with Gasteiger partial charge in [0.1, 0.15) is 5.75 Å². The van der Waals surface area contributed by atoms with Crippen molar-refractivity contribution in [2.75, 3.05) is 13.7 Å². The van der Waals surface area contributed by atoms with Gasteiger partial charge in [-0.3, -0.25) is 0 Å². The quantitative estimate of drug-likeness (QED) is 0.941. The molecule has 1 aliphatic rings. The van der Waals surface area contributed by atoms with Crippen LogP contribution in [0.4, 0.5) is 0 Å². The number of benzene rings is 1. The molecule has 4 nitrogen and oxygen atoms in total. The summed E-state index contributed by atoms with van der Waals surface area (Å²) in [6.07, 6.45) is 5.49. The highest BCUT2D eigenvalue weighted by Crippen LogP contribution is 2.35. The van der Waals surface area contributed by atoms with Gasteiger partial charge in [0.15, 0.2) is 0 Å². The number of aryl methyl sites for hydroxylation is 1. The fraction of sp³-hybridized carbons (Fsp3) is 0.400. The van der Waals surface area contributed by atoms with Gasteiger partial charge >= 0.3 is 0 Å². The molecule has 0 saturated carbocycles. The number of aromatic nitrogens is 2. The second kappa shape index (κ2) is 5.46. The first-order valence-electron chi connectivity index (χ1n) is 6.76. The van der Waals surface area contributed by atoms with Crippen LogP contribution in [0.1, 0.15) is 22.9 Å². The molecule has 0 fully saturated rings. The lowest BCUT2D eigenvalue weighted by atomic mass is 10.00. The van der Waals surface area contributed by atoms with Crippen molar-refractivity contribution in [3.05, 3.63) is 46.5 Å². The molecule has 0 spiro atoms. The molecule has 1 aromatic heterocycles. The lowest BCUT2D eigenvalue weighted by Crippen LogP contribution is -2.21. The van der Waals surface area contributed by atoms with Crippen molar-refractivity contribution in [2.45, 2.75) is 18.9 Å². The molecule has 1 unspecified atom stereocenters. The molecule has 20 heavy (non-hydrogen) atoms. The Morgan fingerprint density at radius 3 is 3.05 bits per heavy atom. The maximum absolute atomic E-state index is 6.22. The number of nitrogens with one attached hydrogen (secondary N) is 1. The van der Waals surface area contributed by atoms with E-state index in [0.717, 1.165) is 41.5 Å². The van der Waals surface area contributed by atoms with Crippen LogP contribution in [0.25, 0.3) is 0 Å². The second-order valence-electron chi connectivity index (χ2n) is 5.13. The normalized spacial score (nSPS) is 14.9. The summed E-state index contributed by atoms with van der Waals surface area (Å²) in [5.74, 6) is 1.01. The number of halogens is 1. The van der Waals surface area contributed by atoms with Gasteiger partial charge in [-0.15, -0.1) is 0 Å². The van der Waals surface area contributed by atoms with Gasteiger partial charge in [-0.2, -0.15) is 0 Å². The van der Waals surface area contributed by atoms with Gasteiger partial charge in [-0.1, -0.05) is 11.6 Å². The van der Waals surface area contributed by atoms with E-state index in [1.54, 1.807) is 0 Å². The summed E-state index contributed by atoms with van der Waals surface area (Å²) in [5.41, 5.74) is 3.53. The third-order valence-corrected chi connectivity index (χ3v) is 4.03. The molecule has 5 heteroatoms. The third-order valence-electron chi connectivity index (χ3n) is 3.81. The Labute approximate surface area is 123 Å². The molecular formula is C15H18ClN3O. The number of hydrogen-bond acceptors (Lipinski definition) is 3. The van der Waals surface area contributed by atoms with Crippen molar-refractivity contribution >= 4 is 11.6 Å². The van der Waals surface area contributed by atoms with E-state index in [9.17, 15) is 0 Å². The molecule has 1 atom stereocenters. The van der Waals surface area contributed by atoms with Gasteiger partial charge in [0, 0.05) is 24.7 Å². The molecule has 1 N–H and O–H groups in total. The van der Waals surface area contributed by atoms with Crippen molar-refractivity contribution in [1.82, 2.24) is 14.9 Å². The monoisotopic (exact) mass is 291 g/mol. The number of hydrogen-bond donors (Lipinski definition) is 1. The van der Waals surface area contributed by atoms with E-state index in [1.807, 2.05) is 43.3 Å². The average Bonchev–Trinajstić information content (AvgIpc) is 3.04. The lowest BCUT2D eigenvalue weighted by Gasteiger charge is -2.18. The van der Waals surface area contributed by atoms with Crippen LogP contribution in [0.15, 0.2) is 24.7 Å². The highest BCUT2D eigenvalue weighted by atomic mass is 35.5. The topological polar surface area (TPSA) is 39.1 Å². The Bertz CT molecular complexity index is 624. The van der Waals surface area contributed by atoms with Crippen molar-refractivity contribution in [2.24, 2.45) is 7.05 Å². The smallest absolute Gasteiger partial charge is 0.125 e. The first kappa shape index (κ1) is 13.5. The average molecular weight is 292 g/mol. The van der Waals surface area contributed by atoms with Crippen LogP contribution in [-0.4, -0.2) is 23.2 Å².